The third-order valence-corrected chi connectivity index (χ3v) is 2.11. The van der Waals surface area contributed by atoms with Crippen molar-refractivity contribution < 1.29 is 5.11 Å². The maximum atomic E-state index is 9.87. The molecule has 1 atom stereocenters. The molecule has 6 nitrogen and oxygen atoms in total. The van der Waals surface area contributed by atoms with Crippen molar-refractivity contribution in [1.29, 1.82) is 0 Å². The number of rotatable bonds is 2. The number of aliphatic hydroxyl groups is 1. The minimum absolute atomic E-state index is 0.211. The highest BCUT2D eigenvalue weighted by molar-refractivity contribution is 6.30. The second kappa shape index (κ2) is 3.84. The zero-order chi connectivity index (χ0) is 10.8. The van der Waals surface area contributed by atoms with Crippen LogP contribution in [0.15, 0.2) is 18.6 Å². The molecule has 2 aromatic rings. The summed E-state index contributed by atoms with van der Waals surface area (Å²) in [5, 5.41) is 16.4. The van der Waals surface area contributed by atoms with E-state index in [0.717, 1.165) is 0 Å². The molecule has 0 spiro atoms. The molecule has 2 heterocycles. The maximum Gasteiger partial charge on any atom is 0.157 e. The summed E-state index contributed by atoms with van der Waals surface area (Å²) < 4.78 is 0. The quantitative estimate of drug-likeness (QED) is 0.692. The van der Waals surface area contributed by atoms with Crippen molar-refractivity contribution in [2.75, 3.05) is 5.73 Å². The predicted molar refractivity (Wildman–Crippen MR) is 54.1 cm³/mol. The first-order valence-corrected chi connectivity index (χ1v) is 4.50. The first-order chi connectivity index (χ1) is 7.18. The van der Waals surface area contributed by atoms with E-state index in [0.29, 0.717) is 16.4 Å². The van der Waals surface area contributed by atoms with E-state index in [1.807, 2.05) is 0 Å². The van der Waals surface area contributed by atoms with Crippen LogP contribution >= 0.6 is 11.6 Å². The zero-order valence-corrected chi connectivity index (χ0v) is 8.31. The summed E-state index contributed by atoms with van der Waals surface area (Å²) in [6.45, 7) is 0. The van der Waals surface area contributed by atoms with Gasteiger partial charge in [0.15, 0.2) is 5.82 Å². The van der Waals surface area contributed by atoms with Gasteiger partial charge in [-0.3, -0.25) is 5.10 Å². The van der Waals surface area contributed by atoms with Gasteiger partial charge < -0.3 is 10.8 Å². The molecule has 2 aromatic heterocycles. The van der Waals surface area contributed by atoms with Gasteiger partial charge in [-0.2, -0.15) is 5.10 Å². The number of nitrogens with two attached hydrogens (primary N) is 1. The van der Waals surface area contributed by atoms with E-state index in [1.54, 1.807) is 0 Å². The van der Waals surface area contributed by atoms with Crippen LogP contribution in [0.5, 0.6) is 0 Å². The van der Waals surface area contributed by atoms with Crippen LogP contribution in [0.4, 0.5) is 5.82 Å². The van der Waals surface area contributed by atoms with Gasteiger partial charge in [0.25, 0.3) is 0 Å². The van der Waals surface area contributed by atoms with Gasteiger partial charge in [-0.05, 0) is 6.07 Å². The van der Waals surface area contributed by atoms with E-state index in [2.05, 4.69) is 20.2 Å². The first kappa shape index (κ1) is 9.88. The summed E-state index contributed by atoms with van der Waals surface area (Å²) in [6.07, 6.45) is 1.71. The Kier molecular flexibility index (Phi) is 2.53. The molecule has 1 unspecified atom stereocenters. The van der Waals surface area contributed by atoms with Crippen molar-refractivity contribution in [3.8, 4) is 0 Å². The number of nitrogen functional groups attached to an aromatic ring is 1. The number of H-pyrrole nitrogens is 1. The summed E-state index contributed by atoms with van der Waals surface area (Å²) in [4.78, 5) is 7.65. The molecule has 0 bridgehead atoms. The molecule has 0 aliphatic heterocycles. The molecule has 0 amide bonds. The van der Waals surface area contributed by atoms with Crippen LogP contribution in [0, 0.1) is 0 Å². The molecule has 0 aliphatic carbocycles. The first-order valence-electron chi connectivity index (χ1n) is 4.12. The van der Waals surface area contributed by atoms with E-state index < -0.39 is 6.10 Å². The number of anilines is 1. The largest absolute Gasteiger partial charge is 0.383 e. The van der Waals surface area contributed by atoms with Gasteiger partial charge in [0.2, 0.25) is 0 Å². The van der Waals surface area contributed by atoms with E-state index >= 15 is 0 Å². The fraction of sp³-hybridized carbons (Fsp3) is 0.125. The minimum Gasteiger partial charge on any atom is -0.383 e. The molecule has 0 radical (unpaired) electrons. The van der Waals surface area contributed by atoms with Crippen molar-refractivity contribution in [2.24, 2.45) is 0 Å². The van der Waals surface area contributed by atoms with Gasteiger partial charge >= 0.3 is 0 Å². The standard InChI is InChI=1S/C8H8ClN5O/c9-4-1-5(7(10)11-2-4)6(15)8-12-3-13-14-8/h1-3,6,15H,(H2,10,11)(H,12,13,14). The Balaban J connectivity index is 2.41. The van der Waals surface area contributed by atoms with Gasteiger partial charge in [-0.1, -0.05) is 11.6 Å². The van der Waals surface area contributed by atoms with Gasteiger partial charge in [0.1, 0.15) is 18.2 Å². The molecule has 0 fully saturated rings. The molecule has 0 aliphatic rings. The number of aromatic amines is 1. The van der Waals surface area contributed by atoms with Crippen molar-refractivity contribution in [3.63, 3.8) is 0 Å². The number of aliphatic hydroxyl groups excluding tert-OH is 1. The lowest BCUT2D eigenvalue weighted by atomic mass is 10.1. The average molecular weight is 226 g/mol. The number of pyridine rings is 1. The van der Waals surface area contributed by atoms with Crippen LogP contribution in [0.3, 0.4) is 0 Å². The zero-order valence-electron chi connectivity index (χ0n) is 7.55. The van der Waals surface area contributed by atoms with Crippen LogP contribution in [-0.4, -0.2) is 25.3 Å². The van der Waals surface area contributed by atoms with E-state index in [-0.39, 0.29) is 5.82 Å². The Hall–Kier alpha value is -1.66. The van der Waals surface area contributed by atoms with Gasteiger partial charge in [-0.25, -0.2) is 9.97 Å². The van der Waals surface area contributed by atoms with Crippen LogP contribution in [-0.2, 0) is 0 Å². The topological polar surface area (TPSA) is 101 Å². The van der Waals surface area contributed by atoms with Crippen molar-refractivity contribution in [3.05, 3.63) is 35.0 Å². The Bertz CT molecular complexity index is 458. The SMILES string of the molecule is Nc1ncc(Cl)cc1C(O)c1ncn[nH]1. The fourth-order valence-electron chi connectivity index (χ4n) is 1.18. The molecule has 2 rings (SSSR count). The fourth-order valence-corrected chi connectivity index (χ4v) is 1.34. The third-order valence-electron chi connectivity index (χ3n) is 1.90. The van der Waals surface area contributed by atoms with Crippen molar-refractivity contribution in [1.82, 2.24) is 20.2 Å². The summed E-state index contributed by atoms with van der Waals surface area (Å²) in [5.74, 6) is 0.508. The van der Waals surface area contributed by atoms with Gasteiger partial charge in [0, 0.05) is 11.8 Å². The van der Waals surface area contributed by atoms with Crippen molar-refractivity contribution in [2.45, 2.75) is 6.10 Å². The second-order valence-corrected chi connectivity index (χ2v) is 3.34. The third kappa shape index (κ3) is 1.90. The maximum absolute atomic E-state index is 9.87. The normalized spacial score (nSPS) is 12.7. The number of halogens is 1. The Labute approximate surface area is 90.1 Å². The number of aromatic nitrogens is 4. The molecule has 78 valence electrons. The highest BCUT2D eigenvalue weighted by Crippen LogP contribution is 2.24. The van der Waals surface area contributed by atoms with Gasteiger partial charge in [-0.15, -0.1) is 0 Å². The average Bonchev–Trinajstić information content (AvgIpc) is 2.74. The number of nitrogens with zero attached hydrogens (tertiary/aromatic N) is 3. The lowest BCUT2D eigenvalue weighted by Crippen LogP contribution is -2.07. The Morgan fingerprint density at radius 2 is 2.27 bits per heavy atom. The predicted octanol–water partition coefficient (Wildman–Crippen LogP) is 0.517. The van der Waals surface area contributed by atoms with E-state index in [1.165, 1.54) is 18.6 Å². The summed E-state index contributed by atoms with van der Waals surface area (Å²) in [5.41, 5.74) is 6.01. The number of hydrogen-bond acceptors (Lipinski definition) is 5. The lowest BCUT2D eigenvalue weighted by molar-refractivity contribution is 0.211. The second-order valence-electron chi connectivity index (χ2n) is 2.90. The highest BCUT2D eigenvalue weighted by Gasteiger charge is 2.17. The molecular formula is C8H8ClN5O. The van der Waals surface area contributed by atoms with Crippen LogP contribution < -0.4 is 5.73 Å². The summed E-state index contributed by atoms with van der Waals surface area (Å²) in [6, 6.07) is 1.54. The Morgan fingerprint density at radius 3 is 2.93 bits per heavy atom. The number of hydrogen-bond donors (Lipinski definition) is 3. The Morgan fingerprint density at radius 1 is 1.47 bits per heavy atom. The minimum atomic E-state index is -1.00. The highest BCUT2D eigenvalue weighted by atomic mass is 35.5. The lowest BCUT2D eigenvalue weighted by Gasteiger charge is -2.09. The molecule has 0 saturated carbocycles. The van der Waals surface area contributed by atoms with Crippen LogP contribution in [0.2, 0.25) is 5.02 Å². The summed E-state index contributed by atoms with van der Waals surface area (Å²) in [7, 11) is 0. The number of nitrogens with one attached hydrogen (secondary N) is 1. The molecular weight excluding hydrogens is 218 g/mol. The monoisotopic (exact) mass is 225 g/mol. The molecule has 7 heteroatoms. The molecule has 0 saturated heterocycles. The molecule has 15 heavy (non-hydrogen) atoms. The van der Waals surface area contributed by atoms with Crippen LogP contribution in [0.25, 0.3) is 0 Å². The van der Waals surface area contributed by atoms with Crippen LogP contribution in [0.1, 0.15) is 17.5 Å². The molecule has 4 N–H and O–H groups in total. The smallest absolute Gasteiger partial charge is 0.157 e. The van der Waals surface area contributed by atoms with E-state index in [9.17, 15) is 5.11 Å². The summed E-state index contributed by atoms with van der Waals surface area (Å²) >= 11 is 5.75. The van der Waals surface area contributed by atoms with Crippen molar-refractivity contribution >= 4 is 17.4 Å². The van der Waals surface area contributed by atoms with E-state index in [4.69, 9.17) is 17.3 Å². The molecule has 0 aromatic carbocycles. The van der Waals surface area contributed by atoms with Gasteiger partial charge in [0.05, 0.1) is 5.02 Å².